The Morgan fingerprint density at radius 1 is 0.341 bits per heavy atom. The molecule has 2 atom stereocenters. The number of rotatable bonds is 2. The maximum absolute atomic E-state index is 4.33. The van der Waals surface area contributed by atoms with Crippen LogP contribution in [-0.2, 0) is 10.8 Å². The molecule has 7 aromatic rings. The molecule has 0 N–H and O–H groups in total. The Kier molecular flexibility index (Phi) is 4.64. The third-order valence-electron chi connectivity index (χ3n) is 10.5. The van der Waals surface area contributed by atoms with Crippen molar-refractivity contribution in [2.24, 2.45) is 0 Å². The summed E-state index contributed by atoms with van der Waals surface area (Å²) in [4.78, 5) is 4.33. The summed E-state index contributed by atoms with van der Waals surface area (Å²) >= 11 is 0. The van der Waals surface area contributed by atoms with Crippen LogP contribution in [0.15, 0.2) is 164 Å². The molecule has 1 heteroatoms. The molecule has 204 valence electrons. The summed E-state index contributed by atoms with van der Waals surface area (Å²) in [6, 6.07) is 56.9. The minimum absolute atomic E-state index is 0.411. The van der Waals surface area contributed by atoms with E-state index < -0.39 is 10.8 Å². The van der Waals surface area contributed by atoms with Crippen molar-refractivity contribution in [3.8, 4) is 33.4 Å². The number of hydrogen-bond donors (Lipinski definition) is 0. The number of hydrogen-bond acceptors (Lipinski definition) is 1. The van der Waals surface area contributed by atoms with Gasteiger partial charge in [-0.15, -0.1) is 0 Å². The first kappa shape index (κ1) is 24.0. The van der Waals surface area contributed by atoms with Crippen molar-refractivity contribution in [2.75, 3.05) is 0 Å². The molecule has 1 spiro atoms. The highest BCUT2D eigenvalue weighted by Gasteiger charge is 2.59. The highest BCUT2D eigenvalue weighted by atomic mass is 14.6. The minimum atomic E-state index is -0.461. The van der Waals surface area contributed by atoms with Crippen molar-refractivity contribution in [3.05, 3.63) is 209 Å². The second-order valence-corrected chi connectivity index (χ2v) is 12.2. The smallest absolute Gasteiger partial charge is 0.0720 e. The average molecular weight is 558 g/mol. The van der Waals surface area contributed by atoms with Gasteiger partial charge in [0.25, 0.3) is 0 Å². The van der Waals surface area contributed by atoms with Crippen LogP contribution >= 0.6 is 0 Å². The van der Waals surface area contributed by atoms with Crippen molar-refractivity contribution in [3.63, 3.8) is 0 Å². The van der Waals surface area contributed by atoms with Gasteiger partial charge in [-0.1, -0.05) is 140 Å². The van der Waals surface area contributed by atoms with Gasteiger partial charge in [0.1, 0.15) is 0 Å². The standard InChI is InChI=1S/C43H27N/c1-2-12-29(13-3-1)42-34-18-6-4-14-31(34)32-17-11-23-39(41(32)42)43(37-21-9-8-20-36(37)42)35-19-7-5-15-33(35)40-30(16-10-22-38(40)43)28-24-26-44-27-25-28/h1-27H. The van der Waals surface area contributed by atoms with Gasteiger partial charge in [-0.2, -0.15) is 0 Å². The number of fused-ring (bicyclic) bond motifs is 12. The fourth-order valence-corrected chi connectivity index (χ4v) is 9.06. The molecule has 0 radical (unpaired) electrons. The van der Waals surface area contributed by atoms with E-state index in [2.05, 4.69) is 157 Å². The van der Waals surface area contributed by atoms with Crippen molar-refractivity contribution < 1.29 is 0 Å². The molecule has 0 saturated heterocycles. The van der Waals surface area contributed by atoms with E-state index in [9.17, 15) is 0 Å². The maximum Gasteiger partial charge on any atom is 0.0720 e. The molecule has 0 fully saturated rings. The molecule has 44 heavy (non-hydrogen) atoms. The predicted molar refractivity (Wildman–Crippen MR) is 178 cm³/mol. The van der Waals surface area contributed by atoms with Crippen molar-refractivity contribution >= 4 is 0 Å². The van der Waals surface area contributed by atoms with Crippen LogP contribution in [0.2, 0.25) is 0 Å². The van der Waals surface area contributed by atoms with Gasteiger partial charge in [0, 0.05) is 12.4 Å². The van der Waals surface area contributed by atoms with E-state index in [4.69, 9.17) is 0 Å². The van der Waals surface area contributed by atoms with Crippen molar-refractivity contribution in [1.82, 2.24) is 4.98 Å². The van der Waals surface area contributed by atoms with Gasteiger partial charge in [0.2, 0.25) is 0 Å². The summed E-state index contributed by atoms with van der Waals surface area (Å²) in [5.74, 6) is 0. The first-order valence-electron chi connectivity index (χ1n) is 15.4. The molecule has 3 aliphatic carbocycles. The summed E-state index contributed by atoms with van der Waals surface area (Å²) in [5, 5.41) is 0. The molecule has 2 unspecified atom stereocenters. The van der Waals surface area contributed by atoms with Crippen LogP contribution in [0.5, 0.6) is 0 Å². The van der Waals surface area contributed by atoms with Gasteiger partial charge >= 0.3 is 0 Å². The largest absolute Gasteiger partial charge is 0.265 e. The molecular weight excluding hydrogens is 530 g/mol. The normalized spacial score (nSPS) is 19.5. The zero-order valence-corrected chi connectivity index (χ0v) is 24.0. The fraction of sp³-hybridized carbons (Fsp3) is 0.0465. The van der Waals surface area contributed by atoms with Gasteiger partial charge in [0.05, 0.1) is 10.8 Å². The van der Waals surface area contributed by atoms with Gasteiger partial charge in [-0.3, -0.25) is 4.98 Å². The first-order valence-corrected chi connectivity index (χ1v) is 15.4. The summed E-state index contributed by atoms with van der Waals surface area (Å²) in [7, 11) is 0. The zero-order valence-electron chi connectivity index (χ0n) is 24.0. The topological polar surface area (TPSA) is 12.9 Å². The van der Waals surface area contributed by atoms with Crippen molar-refractivity contribution in [1.29, 1.82) is 0 Å². The fourth-order valence-electron chi connectivity index (χ4n) is 9.06. The molecule has 10 rings (SSSR count). The highest BCUT2D eigenvalue weighted by molar-refractivity contribution is 5.99. The molecule has 6 aromatic carbocycles. The van der Waals surface area contributed by atoms with Crippen LogP contribution < -0.4 is 0 Å². The second-order valence-electron chi connectivity index (χ2n) is 12.2. The van der Waals surface area contributed by atoms with Gasteiger partial charge in [0.15, 0.2) is 0 Å². The van der Waals surface area contributed by atoms with E-state index in [1.165, 1.54) is 77.9 Å². The molecule has 0 amide bonds. The summed E-state index contributed by atoms with van der Waals surface area (Å²) < 4.78 is 0. The van der Waals surface area contributed by atoms with E-state index in [-0.39, 0.29) is 0 Å². The average Bonchev–Trinajstić information content (AvgIpc) is 3.58. The lowest BCUT2D eigenvalue weighted by molar-refractivity contribution is 0.636. The van der Waals surface area contributed by atoms with E-state index in [1.54, 1.807) is 0 Å². The molecular formula is C43H27N. The van der Waals surface area contributed by atoms with E-state index in [1.807, 2.05) is 12.4 Å². The lowest BCUT2D eigenvalue weighted by Crippen LogP contribution is -2.43. The molecule has 1 aromatic heterocycles. The van der Waals surface area contributed by atoms with Crippen LogP contribution in [0.25, 0.3) is 33.4 Å². The van der Waals surface area contributed by atoms with Gasteiger partial charge in [-0.25, -0.2) is 0 Å². The Morgan fingerprint density at radius 2 is 0.864 bits per heavy atom. The molecule has 1 heterocycles. The number of pyridine rings is 1. The van der Waals surface area contributed by atoms with Crippen LogP contribution in [-0.4, -0.2) is 4.98 Å². The third kappa shape index (κ3) is 2.65. The number of benzene rings is 6. The van der Waals surface area contributed by atoms with Crippen molar-refractivity contribution in [2.45, 2.75) is 10.8 Å². The summed E-state index contributed by atoms with van der Waals surface area (Å²) in [6.07, 6.45) is 3.80. The second kappa shape index (κ2) is 8.52. The Balaban J connectivity index is 1.44. The molecule has 0 aliphatic heterocycles. The quantitative estimate of drug-likeness (QED) is 0.206. The van der Waals surface area contributed by atoms with Crippen LogP contribution in [0.1, 0.15) is 44.5 Å². The van der Waals surface area contributed by atoms with E-state index >= 15 is 0 Å². The Hall–Kier alpha value is -5.53. The number of nitrogens with zero attached hydrogens (tertiary/aromatic N) is 1. The predicted octanol–water partition coefficient (Wildman–Crippen LogP) is 9.79. The molecule has 1 nitrogen and oxygen atoms in total. The Morgan fingerprint density at radius 3 is 1.61 bits per heavy atom. The molecule has 0 saturated carbocycles. The van der Waals surface area contributed by atoms with Crippen LogP contribution in [0, 0.1) is 0 Å². The molecule has 3 aliphatic rings. The third-order valence-corrected chi connectivity index (χ3v) is 10.5. The Labute approximate surface area is 257 Å². The number of aromatic nitrogens is 1. The monoisotopic (exact) mass is 557 g/mol. The summed E-state index contributed by atoms with van der Waals surface area (Å²) in [6.45, 7) is 0. The lowest BCUT2D eigenvalue weighted by atomic mass is 9.52. The highest BCUT2D eigenvalue weighted by Crippen LogP contribution is 2.68. The minimum Gasteiger partial charge on any atom is -0.265 e. The molecule has 0 bridgehead atoms. The summed E-state index contributed by atoms with van der Waals surface area (Å²) in [5.41, 5.74) is 17.8. The van der Waals surface area contributed by atoms with Gasteiger partial charge in [-0.05, 0) is 90.0 Å². The van der Waals surface area contributed by atoms with E-state index in [0.717, 1.165) is 0 Å². The Bertz CT molecular complexity index is 2280. The maximum atomic E-state index is 4.33. The van der Waals surface area contributed by atoms with Gasteiger partial charge < -0.3 is 0 Å². The SMILES string of the molecule is c1ccc(C23c4ccccc4-c4cccc(c42)C2(c4ccccc4-c4c(-c5ccncc5)cccc42)c2ccccc23)cc1. The van der Waals surface area contributed by atoms with Crippen LogP contribution in [0.4, 0.5) is 0 Å². The first-order chi connectivity index (χ1) is 21.9. The zero-order chi connectivity index (χ0) is 28.9. The lowest BCUT2D eigenvalue weighted by Gasteiger charge is -2.48. The van der Waals surface area contributed by atoms with E-state index in [0.29, 0.717) is 0 Å². The van der Waals surface area contributed by atoms with Crippen LogP contribution in [0.3, 0.4) is 0 Å².